The zero-order valence-corrected chi connectivity index (χ0v) is 7.90. The van der Waals surface area contributed by atoms with Crippen molar-refractivity contribution in [3.05, 3.63) is 41.5 Å². The van der Waals surface area contributed by atoms with Crippen LogP contribution in [-0.2, 0) is 0 Å². The molecule has 1 heteroatoms. The van der Waals surface area contributed by atoms with Gasteiger partial charge < -0.3 is 5.73 Å². The summed E-state index contributed by atoms with van der Waals surface area (Å²) in [6.45, 7) is 2.17. The summed E-state index contributed by atoms with van der Waals surface area (Å²) in [7, 11) is 0. The molecule has 0 radical (unpaired) electrons. The fraction of sp³-hybridized carbons (Fsp3) is 0.333. The molecule has 68 valence electrons. The van der Waals surface area contributed by atoms with Crippen molar-refractivity contribution in [2.24, 2.45) is 11.7 Å². The molecule has 1 aliphatic carbocycles. The Morgan fingerprint density at radius 3 is 2.54 bits per heavy atom. The van der Waals surface area contributed by atoms with Gasteiger partial charge >= 0.3 is 0 Å². The lowest BCUT2D eigenvalue weighted by Gasteiger charge is -1.98. The van der Waals surface area contributed by atoms with E-state index in [1.807, 2.05) is 6.07 Å². The van der Waals surface area contributed by atoms with E-state index in [9.17, 15) is 0 Å². The summed E-state index contributed by atoms with van der Waals surface area (Å²) in [5.41, 5.74) is 8.47. The van der Waals surface area contributed by atoms with Gasteiger partial charge in [-0.05, 0) is 24.8 Å². The third kappa shape index (κ3) is 1.99. The Balaban J connectivity index is 2.12. The molecular formula is C12H15N. The van der Waals surface area contributed by atoms with Crippen LogP contribution >= 0.6 is 0 Å². The lowest BCUT2D eigenvalue weighted by Crippen LogP contribution is -2.02. The van der Waals surface area contributed by atoms with Gasteiger partial charge in [-0.2, -0.15) is 0 Å². The van der Waals surface area contributed by atoms with Crippen LogP contribution < -0.4 is 5.73 Å². The van der Waals surface area contributed by atoms with Crippen LogP contribution in [0.3, 0.4) is 0 Å². The largest absolute Gasteiger partial charge is 0.327 e. The topological polar surface area (TPSA) is 26.0 Å². The van der Waals surface area contributed by atoms with Crippen molar-refractivity contribution in [3.8, 4) is 0 Å². The van der Waals surface area contributed by atoms with Crippen LogP contribution in [-0.4, -0.2) is 6.04 Å². The van der Waals surface area contributed by atoms with E-state index in [4.69, 9.17) is 5.73 Å². The molecule has 1 saturated carbocycles. The Morgan fingerprint density at radius 1 is 1.38 bits per heavy atom. The van der Waals surface area contributed by atoms with Crippen molar-refractivity contribution in [1.29, 1.82) is 0 Å². The molecule has 2 N–H and O–H groups in total. The maximum atomic E-state index is 5.78. The Hall–Kier alpha value is -1.08. The Bertz CT molecular complexity index is 313. The Labute approximate surface area is 79.3 Å². The highest BCUT2D eigenvalue weighted by Crippen LogP contribution is 2.35. The molecule has 2 atom stereocenters. The van der Waals surface area contributed by atoms with Crippen LogP contribution in [0, 0.1) is 5.92 Å². The molecule has 1 aromatic carbocycles. The van der Waals surface area contributed by atoms with Gasteiger partial charge in [-0.15, -0.1) is 0 Å². The van der Waals surface area contributed by atoms with Crippen LogP contribution in [0.1, 0.15) is 18.9 Å². The molecule has 1 aromatic rings. The number of nitrogens with two attached hydrogens (primary N) is 1. The molecule has 0 heterocycles. The first-order valence-corrected chi connectivity index (χ1v) is 4.76. The van der Waals surface area contributed by atoms with Crippen LogP contribution in [0.5, 0.6) is 0 Å². The molecule has 2 rings (SSSR count). The minimum Gasteiger partial charge on any atom is -0.327 e. The monoisotopic (exact) mass is 173 g/mol. The number of hydrogen-bond donors (Lipinski definition) is 1. The summed E-state index contributed by atoms with van der Waals surface area (Å²) < 4.78 is 0. The Morgan fingerprint density at radius 2 is 2.00 bits per heavy atom. The first-order chi connectivity index (χ1) is 6.27. The predicted molar refractivity (Wildman–Crippen MR) is 56.2 cm³/mol. The van der Waals surface area contributed by atoms with Crippen LogP contribution in [0.25, 0.3) is 6.08 Å². The van der Waals surface area contributed by atoms with E-state index in [1.54, 1.807) is 0 Å². The summed E-state index contributed by atoms with van der Waals surface area (Å²) in [5.74, 6) is 0.639. The summed E-state index contributed by atoms with van der Waals surface area (Å²) in [6.07, 6.45) is 3.40. The molecule has 1 fully saturated rings. The smallest absolute Gasteiger partial charge is 0.0111 e. The van der Waals surface area contributed by atoms with Gasteiger partial charge in [0.1, 0.15) is 0 Å². The molecule has 1 nitrogen and oxygen atoms in total. The van der Waals surface area contributed by atoms with Gasteiger partial charge in [0.25, 0.3) is 0 Å². The zero-order chi connectivity index (χ0) is 9.26. The molecule has 0 amide bonds. The Kier molecular flexibility index (Phi) is 2.19. The first kappa shape index (κ1) is 8.52. The predicted octanol–water partition coefficient (Wildman–Crippen LogP) is 2.44. The van der Waals surface area contributed by atoms with Crippen molar-refractivity contribution in [1.82, 2.24) is 0 Å². The molecule has 13 heavy (non-hydrogen) atoms. The van der Waals surface area contributed by atoms with Gasteiger partial charge in [0, 0.05) is 6.04 Å². The minimum atomic E-state index is 0.417. The van der Waals surface area contributed by atoms with E-state index < -0.39 is 0 Å². The normalized spacial score (nSPS) is 27.4. The SMILES string of the molecule is CC(=Cc1ccccc1)[C@@H]1CC1N. The minimum absolute atomic E-state index is 0.417. The number of hydrogen-bond acceptors (Lipinski definition) is 1. The van der Waals surface area contributed by atoms with Gasteiger partial charge in [-0.25, -0.2) is 0 Å². The van der Waals surface area contributed by atoms with Gasteiger partial charge in [0.05, 0.1) is 0 Å². The van der Waals surface area contributed by atoms with Crippen LogP contribution in [0.4, 0.5) is 0 Å². The maximum absolute atomic E-state index is 5.78. The van der Waals surface area contributed by atoms with E-state index in [2.05, 4.69) is 37.3 Å². The molecule has 0 aromatic heterocycles. The van der Waals surface area contributed by atoms with Crippen molar-refractivity contribution < 1.29 is 0 Å². The third-order valence-electron chi connectivity index (χ3n) is 2.62. The molecule has 0 aliphatic heterocycles. The molecule has 1 unspecified atom stereocenters. The lowest BCUT2D eigenvalue weighted by atomic mass is 10.1. The standard InChI is InChI=1S/C12H15N/c1-9(11-8-12(11)13)7-10-5-3-2-4-6-10/h2-7,11-12H,8,13H2,1H3/t11-,12?/m0/s1. The zero-order valence-electron chi connectivity index (χ0n) is 7.90. The quantitative estimate of drug-likeness (QED) is 0.730. The van der Waals surface area contributed by atoms with Crippen molar-refractivity contribution in [2.45, 2.75) is 19.4 Å². The first-order valence-electron chi connectivity index (χ1n) is 4.76. The average Bonchev–Trinajstić information content (AvgIpc) is 2.84. The lowest BCUT2D eigenvalue weighted by molar-refractivity contribution is 0.924. The van der Waals surface area contributed by atoms with E-state index in [-0.39, 0.29) is 0 Å². The van der Waals surface area contributed by atoms with Crippen molar-refractivity contribution in [3.63, 3.8) is 0 Å². The van der Waals surface area contributed by atoms with E-state index >= 15 is 0 Å². The average molecular weight is 173 g/mol. The van der Waals surface area contributed by atoms with Gasteiger partial charge in [-0.1, -0.05) is 42.0 Å². The summed E-state index contributed by atoms with van der Waals surface area (Å²) in [5, 5.41) is 0. The van der Waals surface area contributed by atoms with Gasteiger partial charge in [-0.3, -0.25) is 0 Å². The molecule has 1 aliphatic rings. The molecule has 0 saturated heterocycles. The van der Waals surface area contributed by atoms with Crippen molar-refractivity contribution in [2.75, 3.05) is 0 Å². The second kappa shape index (κ2) is 3.35. The van der Waals surface area contributed by atoms with Gasteiger partial charge in [0.15, 0.2) is 0 Å². The highest BCUT2D eigenvalue weighted by atomic mass is 14.7. The maximum Gasteiger partial charge on any atom is 0.0111 e. The van der Waals surface area contributed by atoms with Crippen LogP contribution in [0.15, 0.2) is 35.9 Å². The molecule has 0 bridgehead atoms. The second-order valence-electron chi connectivity index (χ2n) is 3.81. The summed E-state index contributed by atoms with van der Waals surface area (Å²) >= 11 is 0. The fourth-order valence-corrected chi connectivity index (χ4v) is 1.66. The van der Waals surface area contributed by atoms with E-state index in [0.29, 0.717) is 12.0 Å². The number of benzene rings is 1. The summed E-state index contributed by atoms with van der Waals surface area (Å²) in [4.78, 5) is 0. The molecular weight excluding hydrogens is 158 g/mol. The second-order valence-corrected chi connectivity index (χ2v) is 3.81. The third-order valence-corrected chi connectivity index (χ3v) is 2.62. The highest BCUT2D eigenvalue weighted by molar-refractivity contribution is 5.53. The fourth-order valence-electron chi connectivity index (χ4n) is 1.66. The summed E-state index contributed by atoms with van der Waals surface area (Å²) in [6, 6.07) is 10.8. The van der Waals surface area contributed by atoms with E-state index in [0.717, 1.165) is 6.42 Å². The van der Waals surface area contributed by atoms with Crippen LogP contribution in [0.2, 0.25) is 0 Å². The van der Waals surface area contributed by atoms with E-state index in [1.165, 1.54) is 11.1 Å². The number of rotatable bonds is 2. The van der Waals surface area contributed by atoms with Crippen molar-refractivity contribution >= 4 is 6.08 Å². The molecule has 0 spiro atoms. The highest BCUT2D eigenvalue weighted by Gasteiger charge is 2.34. The van der Waals surface area contributed by atoms with Gasteiger partial charge in [0.2, 0.25) is 0 Å².